The van der Waals surface area contributed by atoms with Crippen molar-refractivity contribution in [2.75, 3.05) is 13.1 Å². The Labute approximate surface area is 160 Å². The van der Waals surface area contributed by atoms with Gasteiger partial charge in [0.1, 0.15) is 0 Å². The van der Waals surface area contributed by atoms with Gasteiger partial charge in [-0.05, 0) is 43.2 Å². The Hall–Kier alpha value is -1.89. The summed E-state index contributed by atoms with van der Waals surface area (Å²) in [6, 6.07) is 12.4. The van der Waals surface area contributed by atoms with Crippen LogP contribution in [0.15, 0.2) is 47.4 Å². The number of carbonyl (C=O) groups is 1. The summed E-state index contributed by atoms with van der Waals surface area (Å²) in [6.07, 6.45) is 0. The smallest absolute Gasteiger partial charge is 0.240 e. The Kier molecular flexibility index (Phi) is 6.81. The SMILES string of the molecule is CC(=O)N(CCNS(=O)(=O)c1ccc(C)cc1C)Cc1ccc(Cl)cc1. The van der Waals surface area contributed by atoms with Crippen LogP contribution in [0.1, 0.15) is 23.6 Å². The second-order valence-electron chi connectivity index (χ2n) is 6.23. The van der Waals surface area contributed by atoms with Crippen LogP contribution in [0.25, 0.3) is 0 Å². The monoisotopic (exact) mass is 394 g/mol. The van der Waals surface area contributed by atoms with Crippen LogP contribution in [0, 0.1) is 13.8 Å². The van der Waals surface area contributed by atoms with Gasteiger partial charge < -0.3 is 4.90 Å². The maximum absolute atomic E-state index is 12.5. The molecule has 0 radical (unpaired) electrons. The number of hydrogen-bond acceptors (Lipinski definition) is 3. The van der Waals surface area contributed by atoms with E-state index in [0.717, 1.165) is 11.1 Å². The summed E-state index contributed by atoms with van der Waals surface area (Å²) in [5.41, 5.74) is 2.64. The molecule has 0 spiro atoms. The van der Waals surface area contributed by atoms with Crippen LogP contribution in [-0.4, -0.2) is 32.3 Å². The highest BCUT2D eigenvalue weighted by Crippen LogP contribution is 2.16. The first kappa shape index (κ1) is 20.4. The first-order valence-electron chi connectivity index (χ1n) is 8.26. The van der Waals surface area contributed by atoms with Crippen molar-refractivity contribution in [1.82, 2.24) is 9.62 Å². The number of halogens is 1. The van der Waals surface area contributed by atoms with Gasteiger partial charge in [-0.25, -0.2) is 13.1 Å². The quantitative estimate of drug-likeness (QED) is 0.783. The first-order chi connectivity index (χ1) is 12.2. The van der Waals surface area contributed by atoms with E-state index in [9.17, 15) is 13.2 Å². The summed E-state index contributed by atoms with van der Waals surface area (Å²) in [5.74, 6) is -0.120. The second-order valence-corrected chi connectivity index (χ2v) is 8.41. The van der Waals surface area contributed by atoms with Crippen LogP contribution in [-0.2, 0) is 21.4 Å². The van der Waals surface area contributed by atoms with E-state index in [0.29, 0.717) is 17.1 Å². The minimum absolute atomic E-state index is 0.120. The number of rotatable bonds is 7. The van der Waals surface area contributed by atoms with Gasteiger partial charge in [-0.15, -0.1) is 0 Å². The molecule has 2 aromatic rings. The minimum Gasteiger partial charge on any atom is -0.337 e. The lowest BCUT2D eigenvalue weighted by Gasteiger charge is -2.21. The highest BCUT2D eigenvalue weighted by atomic mass is 35.5. The summed E-state index contributed by atoms with van der Waals surface area (Å²) in [4.78, 5) is 13.7. The van der Waals surface area contributed by atoms with Gasteiger partial charge in [0.05, 0.1) is 4.90 Å². The summed E-state index contributed by atoms with van der Waals surface area (Å²) < 4.78 is 27.5. The molecular weight excluding hydrogens is 372 g/mol. The van der Waals surface area contributed by atoms with E-state index in [-0.39, 0.29) is 23.9 Å². The zero-order valence-electron chi connectivity index (χ0n) is 15.1. The van der Waals surface area contributed by atoms with Gasteiger partial charge in [-0.2, -0.15) is 0 Å². The van der Waals surface area contributed by atoms with Gasteiger partial charge >= 0.3 is 0 Å². The number of aryl methyl sites for hydroxylation is 2. The van der Waals surface area contributed by atoms with E-state index in [1.54, 1.807) is 36.1 Å². The van der Waals surface area contributed by atoms with Crippen molar-refractivity contribution in [3.05, 3.63) is 64.2 Å². The Balaban J connectivity index is 2.00. The fraction of sp³-hybridized carbons (Fsp3) is 0.316. The second kappa shape index (κ2) is 8.66. The molecule has 0 unspecified atom stereocenters. The molecule has 0 fully saturated rings. The van der Waals surface area contributed by atoms with Gasteiger partial charge in [0.2, 0.25) is 15.9 Å². The maximum atomic E-state index is 12.5. The summed E-state index contributed by atoms with van der Waals surface area (Å²) in [5, 5.41) is 0.629. The largest absolute Gasteiger partial charge is 0.337 e. The van der Waals surface area contributed by atoms with E-state index < -0.39 is 10.0 Å². The number of hydrogen-bond donors (Lipinski definition) is 1. The van der Waals surface area contributed by atoms with Crippen molar-refractivity contribution in [2.24, 2.45) is 0 Å². The molecule has 2 aromatic carbocycles. The zero-order chi connectivity index (χ0) is 19.3. The molecule has 0 aromatic heterocycles. The van der Waals surface area contributed by atoms with Crippen LogP contribution >= 0.6 is 11.6 Å². The lowest BCUT2D eigenvalue weighted by atomic mass is 10.2. The predicted molar refractivity (Wildman–Crippen MR) is 104 cm³/mol. The molecule has 26 heavy (non-hydrogen) atoms. The third kappa shape index (κ3) is 5.56. The topological polar surface area (TPSA) is 66.5 Å². The number of nitrogens with zero attached hydrogens (tertiary/aromatic N) is 1. The molecule has 1 N–H and O–H groups in total. The average molecular weight is 395 g/mol. The lowest BCUT2D eigenvalue weighted by molar-refractivity contribution is -0.129. The van der Waals surface area contributed by atoms with Crippen LogP contribution < -0.4 is 4.72 Å². The fourth-order valence-electron chi connectivity index (χ4n) is 2.65. The third-order valence-corrected chi connectivity index (χ3v) is 5.90. The van der Waals surface area contributed by atoms with E-state index in [2.05, 4.69) is 4.72 Å². The molecule has 0 saturated heterocycles. The molecule has 0 atom stereocenters. The number of amides is 1. The lowest BCUT2D eigenvalue weighted by Crippen LogP contribution is -2.37. The van der Waals surface area contributed by atoms with Crippen LogP contribution in [0.3, 0.4) is 0 Å². The molecule has 1 amide bonds. The van der Waals surface area contributed by atoms with Crippen LogP contribution in [0.5, 0.6) is 0 Å². The zero-order valence-corrected chi connectivity index (χ0v) is 16.7. The molecule has 5 nitrogen and oxygen atoms in total. The van der Waals surface area contributed by atoms with Gasteiger partial charge in [0.25, 0.3) is 0 Å². The molecule has 0 heterocycles. The number of nitrogens with one attached hydrogen (secondary N) is 1. The summed E-state index contributed by atoms with van der Waals surface area (Å²) in [6.45, 7) is 5.97. The number of sulfonamides is 1. The highest BCUT2D eigenvalue weighted by Gasteiger charge is 2.17. The molecule has 2 rings (SSSR count). The Morgan fingerprint density at radius 3 is 2.35 bits per heavy atom. The minimum atomic E-state index is -3.61. The predicted octanol–water partition coefficient (Wildman–Crippen LogP) is 3.28. The van der Waals surface area contributed by atoms with E-state index in [4.69, 9.17) is 11.6 Å². The molecule has 0 aliphatic carbocycles. The summed E-state index contributed by atoms with van der Waals surface area (Å²) in [7, 11) is -3.61. The molecular formula is C19H23ClN2O3S. The van der Waals surface area contributed by atoms with Crippen molar-refractivity contribution >= 4 is 27.5 Å². The van der Waals surface area contributed by atoms with Crippen molar-refractivity contribution in [3.8, 4) is 0 Å². The molecule has 0 saturated carbocycles. The normalized spacial score (nSPS) is 11.4. The molecule has 0 aliphatic heterocycles. The van der Waals surface area contributed by atoms with Crippen molar-refractivity contribution < 1.29 is 13.2 Å². The van der Waals surface area contributed by atoms with E-state index in [1.165, 1.54) is 6.92 Å². The van der Waals surface area contributed by atoms with Crippen molar-refractivity contribution in [1.29, 1.82) is 0 Å². The Morgan fingerprint density at radius 1 is 1.12 bits per heavy atom. The van der Waals surface area contributed by atoms with Crippen LogP contribution in [0.2, 0.25) is 5.02 Å². The number of benzene rings is 2. The third-order valence-electron chi connectivity index (χ3n) is 4.03. The first-order valence-corrected chi connectivity index (χ1v) is 10.1. The molecule has 0 bridgehead atoms. The Bertz CT molecular complexity index is 880. The van der Waals surface area contributed by atoms with Gasteiger partial charge in [0, 0.05) is 31.6 Å². The molecule has 0 aliphatic rings. The Morgan fingerprint density at radius 2 is 1.77 bits per heavy atom. The molecule has 7 heteroatoms. The average Bonchev–Trinajstić information content (AvgIpc) is 2.55. The van der Waals surface area contributed by atoms with E-state index in [1.807, 2.05) is 25.1 Å². The van der Waals surface area contributed by atoms with Gasteiger partial charge in [0.15, 0.2) is 0 Å². The number of carbonyl (C=O) groups excluding carboxylic acids is 1. The maximum Gasteiger partial charge on any atom is 0.240 e. The van der Waals surface area contributed by atoms with Gasteiger partial charge in [-0.1, -0.05) is 41.4 Å². The van der Waals surface area contributed by atoms with Crippen molar-refractivity contribution in [3.63, 3.8) is 0 Å². The fourth-order valence-corrected chi connectivity index (χ4v) is 4.02. The van der Waals surface area contributed by atoms with Crippen molar-refractivity contribution in [2.45, 2.75) is 32.2 Å². The standard InChI is InChI=1S/C19H23ClN2O3S/c1-14-4-9-19(15(2)12-14)26(24,25)21-10-11-22(16(3)23)13-17-5-7-18(20)8-6-17/h4-9,12,21H,10-11,13H2,1-3H3. The highest BCUT2D eigenvalue weighted by molar-refractivity contribution is 7.89. The van der Waals surface area contributed by atoms with E-state index >= 15 is 0 Å². The molecule has 140 valence electrons. The van der Waals surface area contributed by atoms with Crippen LogP contribution in [0.4, 0.5) is 0 Å². The summed E-state index contributed by atoms with van der Waals surface area (Å²) >= 11 is 5.87. The van der Waals surface area contributed by atoms with Gasteiger partial charge in [-0.3, -0.25) is 4.79 Å².